The summed E-state index contributed by atoms with van der Waals surface area (Å²) in [6, 6.07) is 17.2. The molecule has 0 aliphatic carbocycles. The summed E-state index contributed by atoms with van der Waals surface area (Å²) < 4.78 is 5.58. The molecular weight excluding hydrogens is 318 g/mol. The highest BCUT2D eigenvalue weighted by Crippen LogP contribution is 2.40. The number of rotatable bonds is 4. The Bertz CT molecular complexity index is 846. The van der Waals surface area contributed by atoms with Gasteiger partial charge in [-0.05, 0) is 11.6 Å². The van der Waals surface area contributed by atoms with Gasteiger partial charge in [0.25, 0.3) is 0 Å². The SMILES string of the molecule is O=C(Nc1ccccc1-c1ccccc1)[C@@H]1[C@H](C(=O)O)[C@@H]2C=C[C@H]1O2. The molecule has 0 spiro atoms. The Morgan fingerprint density at radius 2 is 1.52 bits per heavy atom. The molecule has 25 heavy (non-hydrogen) atoms. The molecule has 1 fully saturated rings. The number of anilines is 1. The summed E-state index contributed by atoms with van der Waals surface area (Å²) in [7, 11) is 0. The van der Waals surface area contributed by atoms with Gasteiger partial charge in [-0.3, -0.25) is 9.59 Å². The minimum Gasteiger partial charge on any atom is -0.481 e. The number of hydrogen-bond donors (Lipinski definition) is 2. The number of hydrogen-bond acceptors (Lipinski definition) is 3. The normalized spacial score (nSPS) is 26.6. The van der Waals surface area contributed by atoms with Gasteiger partial charge < -0.3 is 15.2 Å². The number of ether oxygens (including phenoxy) is 1. The molecule has 0 radical (unpaired) electrons. The van der Waals surface area contributed by atoms with E-state index >= 15 is 0 Å². The molecule has 0 aromatic heterocycles. The Hall–Kier alpha value is -2.92. The van der Waals surface area contributed by atoms with Crippen molar-refractivity contribution in [3.05, 3.63) is 66.7 Å². The van der Waals surface area contributed by atoms with Crippen LogP contribution in [-0.4, -0.2) is 29.2 Å². The molecule has 4 rings (SSSR count). The molecule has 126 valence electrons. The quantitative estimate of drug-likeness (QED) is 0.843. The fourth-order valence-corrected chi connectivity index (χ4v) is 3.59. The lowest BCUT2D eigenvalue weighted by Gasteiger charge is -2.21. The van der Waals surface area contributed by atoms with E-state index in [0.717, 1.165) is 11.1 Å². The zero-order valence-electron chi connectivity index (χ0n) is 13.3. The Labute approximate surface area is 144 Å². The molecule has 5 nitrogen and oxygen atoms in total. The van der Waals surface area contributed by atoms with Gasteiger partial charge in [0, 0.05) is 11.3 Å². The van der Waals surface area contributed by atoms with E-state index < -0.39 is 30.0 Å². The van der Waals surface area contributed by atoms with E-state index in [0.29, 0.717) is 5.69 Å². The first-order valence-electron chi connectivity index (χ1n) is 8.17. The van der Waals surface area contributed by atoms with Crippen LogP contribution in [0.25, 0.3) is 11.1 Å². The fraction of sp³-hybridized carbons (Fsp3) is 0.200. The van der Waals surface area contributed by atoms with Crippen LogP contribution in [0, 0.1) is 11.8 Å². The van der Waals surface area contributed by atoms with Crippen molar-refractivity contribution in [1.82, 2.24) is 0 Å². The van der Waals surface area contributed by atoms with E-state index in [1.54, 1.807) is 12.2 Å². The van der Waals surface area contributed by atoms with Crippen molar-refractivity contribution >= 4 is 17.6 Å². The number of carbonyl (C=O) groups is 2. The Morgan fingerprint density at radius 3 is 2.24 bits per heavy atom. The molecule has 0 saturated carbocycles. The molecule has 2 aromatic rings. The smallest absolute Gasteiger partial charge is 0.310 e. The second-order valence-electron chi connectivity index (χ2n) is 6.24. The first-order chi connectivity index (χ1) is 12.1. The summed E-state index contributed by atoms with van der Waals surface area (Å²) in [5.74, 6) is -2.91. The summed E-state index contributed by atoms with van der Waals surface area (Å²) in [4.78, 5) is 24.4. The molecule has 2 aliphatic rings. The number of fused-ring (bicyclic) bond motifs is 2. The Kier molecular flexibility index (Phi) is 3.86. The molecule has 2 aliphatic heterocycles. The van der Waals surface area contributed by atoms with Gasteiger partial charge >= 0.3 is 5.97 Å². The number of carboxylic acids is 1. The maximum Gasteiger partial charge on any atom is 0.310 e. The van der Waals surface area contributed by atoms with Gasteiger partial charge in [0.15, 0.2) is 0 Å². The molecule has 2 bridgehead atoms. The van der Waals surface area contributed by atoms with Crippen LogP contribution in [0.4, 0.5) is 5.69 Å². The molecule has 0 unspecified atom stereocenters. The summed E-state index contributed by atoms with van der Waals surface area (Å²) in [5, 5.41) is 12.4. The van der Waals surface area contributed by atoms with Gasteiger partial charge in [0.05, 0.1) is 18.1 Å². The van der Waals surface area contributed by atoms with Crippen molar-refractivity contribution < 1.29 is 19.4 Å². The van der Waals surface area contributed by atoms with E-state index in [-0.39, 0.29) is 5.91 Å². The monoisotopic (exact) mass is 335 g/mol. The standard InChI is InChI=1S/C20H17NO4/c22-19(17-15-10-11-16(25-15)18(17)20(23)24)21-14-9-5-4-8-13(14)12-6-2-1-3-7-12/h1-11,15-18H,(H,21,22)(H,23,24)/t15-,16+,17+,18-/m1/s1. The van der Waals surface area contributed by atoms with Crippen LogP contribution in [0.15, 0.2) is 66.7 Å². The van der Waals surface area contributed by atoms with Crippen LogP contribution < -0.4 is 5.32 Å². The van der Waals surface area contributed by atoms with Gasteiger partial charge in [-0.15, -0.1) is 0 Å². The first kappa shape index (κ1) is 15.6. The van der Waals surface area contributed by atoms with Crippen LogP contribution in [0.3, 0.4) is 0 Å². The predicted molar refractivity (Wildman–Crippen MR) is 92.9 cm³/mol. The van der Waals surface area contributed by atoms with Crippen LogP contribution in [0.1, 0.15) is 0 Å². The van der Waals surface area contributed by atoms with Gasteiger partial charge in [-0.25, -0.2) is 0 Å². The largest absolute Gasteiger partial charge is 0.481 e. The highest BCUT2D eigenvalue weighted by Gasteiger charge is 2.53. The molecule has 2 heterocycles. The third-order valence-corrected chi connectivity index (χ3v) is 4.76. The van der Waals surface area contributed by atoms with E-state index in [2.05, 4.69) is 5.32 Å². The third-order valence-electron chi connectivity index (χ3n) is 4.76. The Balaban J connectivity index is 1.62. The van der Waals surface area contributed by atoms with Crippen molar-refractivity contribution in [1.29, 1.82) is 0 Å². The topological polar surface area (TPSA) is 75.6 Å². The molecule has 1 amide bonds. The minimum atomic E-state index is -1.01. The number of carbonyl (C=O) groups excluding carboxylic acids is 1. The first-order valence-corrected chi connectivity index (χ1v) is 8.17. The second-order valence-corrected chi connectivity index (χ2v) is 6.24. The lowest BCUT2D eigenvalue weighted by atomic mass is 9.82. The number of nitrogens with one attached hydrogen (secondary N) is 1. The van der Waals surface area contributed by atoms with Crippen LogP contribution in [-0.2, 0) is 14.3 Å². The molecule has 2 N–H and O–H groups in total. The maximum absolute atomic E-state index is 12.8. The van der Waals surface area contributed by atoms with Gasteiger partial charge in [0.1, 0.15) is 5.92 Å². The molecule has 1 saturated heterocycles. The van der Waals surface area contributed by atoms with E-state index in [1.165, 1.54) is 0 Å². The highest BCUT2D eigenvalue weighted by molar-refractivity contribution is 5.99. The Morgan fingerprint density at radius 1 is 0.880 bits per heavy atom. The zero-order chi connectivity index (χ0) is 17.4. The predicted octanol–water partition coefficient (Wildman–Crippen LogP) is 2.95. The third kappa shape index (κ3) is 2.72. The van der Waals surface area contributed by atoms with Crippen LogP contribution >= 0.6 is 0 Å². The molecule has 2 aromatic carbocycles. The molecule has 5 heteroatoms. The molecule has 4 atom stereocenters. The second kappa shape index (κ2) is 6.18. The highest BCUT2D eigenvalue weighted by atomic mass is 16.5. The minimum absolute atomic E-state index is 0.326. The average Bonchev–Trinajstić information content (AvgIpc) is 3.24. The number of benzene rings is 2. The summed E-state index contributed by atoms with van der Waals surface area (Å²) in [6.45, 7) is 0. The van der Waals surface area contributed by atoms with Crippen molar-refractivity contribution in [2.24, 2.45) is 11.8 Å². The van der Waals surface area contributed by atoms with Gasteiger partial charge in [0.2, 0.25) is 5.91 Å². The lowest BCUT2D eigenvalue weighted by molar-refractivity contribution is -0.145. The zero-order valence-corrected chi connectivity index (χ0v) is 13.3. The maximum atomic E-state index is 12.8. The fourth-order valence-electron chi connectivity index (χ4n) is 3.59. The van der Waals surface area contributed by atoms with Gasteiger partial charge in [-0.2, -0.15) is 0 Å². The summed E-state index contributed by atoms with van der Waals surface area (Å²) >= 11 is 0. The lowest BCUT2D eigenvalue weighted by Crippen LogP contribution is -2.39. The summed E-state index contributed by atoms with van der Waals surface area (Å²) in [5.41, 5.74) is 2.54. The van der Waals surface area contributed by atoms with Crippen molar-refractivity contribution in [2.75, 3.05) is 5.32 Å². The number of amides is 1. The number of para-hydroxylation sites is 1. The van der Waals surface area contributed by atoms with Crippen molar-refractivity contribution in [3.8, 4) is 11.1 Å². The van der Waals surface area contributed by atoms with E-state index in [1.807, 2.05) is 54.6 Å². The van der Waals surface area contributed by atoms with E-state index in [9.17, 15) is 14.7 Å². The van der Waals surface area contributed by atoms with Crippen LogP contribution in [0.2, 0.25) is 0 Å². The number of aliphatic carboxylic acids is 1. The van der Waals surface area contributed by atoms with Crippen LogP contribution in [0.5, 0.6) is 0 Å². The van der Waals surface area contributed by atoms with E-state index in [4.69, 9.17) is 4.74 Å². The summed E-state index contributed by atoms with van der Waals surface area (Å²) in [6.07, 6.45) is 2.50. The average molecular weight is 335 g/mol. The molecular formula is C20H17NO4. The van der Waals surface area contributed by atoms with Crippen molar-refractivity contribution in [3.63, 3.8) is 0 Å². The van der Waals surface area contributed by atoms with Gasteiger partial charge in [-0.1, -0.05) is 60.7 Å². The van der Waals surface area contributed by atoms with Crippen molar-refractivity contribution in [2.45, 2.75) is 12.2 Å². The number of carboxylic acid groups (broad SMARTS) is 1.